The van der Waals surface area contributed by atoms with Crippen molar-refractivity contribution in [1.82, 2.24) is 0 Å². The number of unbranched alkanes of at least 4 members (excludes halogenated alkanes) is 33. The zero-order chi connectivity index (χ0) is 58.5. The topological polar surface area (TPSA) is 78.9 Å². The number of hydrogen-bond donors (Lipinski definition) is 0. The SMILES string of the molecule is CC/C=C\C/C=C\C/C=C\C/C=C\C/C=C\C/C=C\CCCCCCCCCCC(=O)OCC(COC(=O)CCCCCCCCC/C=C\CCCCCCCCC)OC(=O)CCCCCCCCC/C=C\C/C=C\CCCCCC. The van der Waals surface area contributed by atoms with E-state index in [1.54, 1.807) is 0 Å². The summed E-state index contributed by atoms with van der Waals surface area (Å²) in [5.41, 5.74) is 0. The molecule has 0 aliphatic heterocycles. The maximum absolute atomic E-state index is 12.9. The van der Waals surface area contributed by atoms with Crippen LogP contribution in [0.25, 0.3) is 0 Å². The minimum Gasteiger partial charge on any atom is -0.462 e. The van der Waals surface area contributed by atoms with Gasteiger partial charge < -0.3 is 14.2 Å². The van der Waals surface area contributed by atoms with Crippen molar-refractivity contribution in [1.29, 1.82) is 0 Å². The predicted octanol–water partition coefficient (Wildman–Crippen LogP) is 23.8. The Morgan fingerprint density at radius 2 is 0.481 bits per heavy atom. The normalized spacial score (nSPS) is 12.8. The molecule has 464 valence electrons. The quantitative estimate of drug-likeness (QED) is 0.0261. The van der Waals surface area contributed by atoms with Gasteiger partial charge in [-0.25, -0.2) is 0 Å². The summed E-state index contributed by atoms with van der Waals surface area (Å²) in [5, 5.41) is 0. The third-order valence-corrected chi connectivity index (χ3v) is 14.7. The number of hydrogen-bond acceptors (Lipinski definition) is 6. The fourth-order valence-corrected chi connectivity index (χ4v) is 9.59. The molecule has 1 atom stereocenters. The first-order valence-corrected chi connectivity index (χ1v) is 34.4. The first kappa shape index (κ1) is 77.1. The van der Waals surface area contributed by atoms with Crippen molar-refractivity contribution in [2.45, 2.75) is 335 Å². The minimum atomic E-state index is -0.791. The van der Waals surface area contributed by atoms with E-state index in [4.69, 9.17) is 14.2 Å². The van der Waals surface area contributed by atoms with Crippen LogP contribution < -0.4 is 0 Å². The third-order valence-electron chi connectivity index (χ3n) is 14.7. The van der Waals surface area contributed by atoms with Crippen molar-refractivity contribution in [2.75, 3.05) is 13.2 Å². The summed E-state index contributed by atoms with van der Waals surface area (Å²) in [4.78, 5) is 38.4. The highest BCUT2D eigenvalue weighted by molar-refractivity contribution is 5.71. The molecule has 1 unspecified atom stereocenters. The largest absolute Gasteiger partial charge is 0.462 e. The Morgan fingerprint density at radius 3 is 0.778 bits per heavy atom. The van der Waals surface area contributed by atoms with Gasteiger partial charge in [-0.3, -0.25) is 14.4 Å². The zero-order valence-electron chi connectivity index (χ0n) is 53.3. The molecule has 0 bridgehead atoms. The summed E-state index contributed by atoms with van der Waals surface area (Å²) in [6, 6.07) is 0. The van der Waals surface area contributed by atoms with Gasteiger partial charge in [0.1, 0.15) is 13.2 Å². The van der Waals surface area contributed by atoms with Crippen LogP contribution in [0.15, 0.2) is 109 Å². The van der Waals surface area contributed by atoms with E-state index in [9.17, 15) is 14.4 Å². The predicted molar refractivity (Wildman–Crippen MR) is 353 cm³/mol. The van der Waals surface area contributed by atoms with Crippen molar-refractivity contribution in [3.63, 3.8) is 0 Å². The van der Waals surface area contributed by atoms with Crippen LogP contribution >= 0.6 is 0 Å². The molecular formula is C75H128O6. The van der Waals surface area contributed by atoms with Gasteiger partial charge in [-0.15, -0.1) is 0 Å². The molecule has 0 saturated carbocycles. The van der Waals surface area contributed by atoms with Crippen molar-refractivity contribution in [3.8, 4) is 0 Å². The van der Waals surface area contributed by atoms with E-state index in [1.165, 1.54) is 173 Å². The maximum Gasteiger partial charge on any atom is 0.306 e. The van der Waals surface area contributed by atoms with Crippen molar-refractivity contribution < 1.29 is 28.6 Å². The third kappa shape index (κ3) is 66.8. The lowest BCUT2D eigenvalue weighted by Gasteiger charge is -2.18. The average Bonchev–Trinajstić information content (AvgIpc) is 3.47. The molecule has 0 rings (SSSR count). The van der Waals surface area contributed by atoms with E-state index in [1.807, 2.05) is 0 Å². The fraction of sp³-hybridized carbons (Fsp3) is 0.720. The standard InChI is InChI=1S/C75H128O6/c1-4-7-10-13-16-19-22-25-28-31-34-35-36-37-38-39-40-41-42-45-47-50-53-56-59-62-65-68-74(77)80-71-72(81-75(78)69-66-63-60-57-54-51-48-44-33-30-27-24-21-18-15-12-9-6-3)70-79-73(76)67-64-61-58-55-52-49-46-43-32-29-26-23-20-17-14-11-8-5-2/h7,10,16,19,21,24-25,28-30,32-35,37-38,40-41,72H,4-6,8-9,11-15,17-18,20,22-23,26-27,31,36,39,42-71H2,1-3H3/b10-7-,19-16-,24-21-,28-25-,32-29-,33-30-,35-34-,38-37-,41-40-. The summed E-state index contributed by atoms with van der Waals surface area (Å²) in [6.45, 7) is 6.52. The molecule has 6 heteroatoms. The lowest BCUT2D eigenvalue weighted by molar-refractivity contribution is -0.167. The molecule has 0 aliphatic carbocycles. The van der Waals surface area contributed by atoms with Crippen LogP contribution in [0.5, 0.6) is 0 Å². The lowest BCUT2D eigenvalue weighted by Crippen LogP contribution is -2.30. The Hall–Kier alpha value is -3.93. The first-order chi connectivity index (χ1) is 40.0. The summed E-state index contributed by atoms with van der Waals surface area (Å²) in [6.07, 6.45) is 93.8. The number of carbonyl (C=O) groups excluding carboxylic acids is 3. The van der Waals surface area contributed by atoms with Gasteiger partial charge in [0.05, 0.1) is 0 Å². The van der Waals surface area contributed by atoms with Gasteiger partial charge >= 0.3 is 17.9 Å². The van der Waals surface area contributed by atoms with E-state index in [2.05, 4.69) is 130 Å². The van der Waals surface area contributed by atoms with Gasteiger partial charge in [0.25, 0.3) is 0 Å². The Labute approximate surface area is 501 Å². The van der Waals surface area contributed by atoms with Crippen LogP contribution in [0.1, 0.15) is 329 Å². The summed E-state index contributed by atoms with van der Waals surface area (Å²) < 4.78 is 17.0. The Bertz CT molecular complexity index is 1620. The van der Waals surface area contributed by atoms with Crippen LogP contribution in [0.2, 0.25) is 0 Å². The van der Waals surface area contributed by atoms with E-state index in [-0.39, 0.29) is 31.1 Å². The van der Waals surface area contributed by atoms with Crippen molar-refractivity contribution in [2.24, 2.45) is 0 Å². The van der Waals surface area contributed by atoms with Crippen LogP contribution in [0.4, 0.5) is 0 Å². The summed E-state index contributed by atoms with van der Waals surface area (Å²) >= 11 is 0. The molecule has 0 aromatic rings. The number of ether oxygens (including phenoxy) is 3. The van der Waals surface area contributed by atoms with E-state index in [0.29, 0.717) is 19.3 Å². The average molecular weight is 1130 g/mol. The van der Waals surface area contributed by atoms with Crippen LogP contribution in [-0.2, 0) is 28.6 Å². The smallest absolute Gasteiger partial charge is 0.306 e. The second-order valence-electron chi connectivity index (χ2n) is 22.7. The lowest BCUT2D eigenvalue weighted by atomic mass is 10.1. The molecular weight excluding hydrogens is 997 g/mol. The highest BCUT2D eigenvalue weighted by Crippen LogP contribution is 2.16. The molecule has 81 heavy (non-hydrogen) atoms. The second-order valence-corrected chi connectivity index (χ2v) is 22.7. The number of carbonyl (C=O) groups is 3. The van der Waals surface area contributed by atoms with Gasteiger partial charge in [-0.05, 0) is 128 Å². The van der Waals surface area contributed by atoms with Crippen molar-refractivity contribution in [3.05, 3.63) is 109 Å². The van der Waals surface area contributed by atoms with E-state index in [0.717, 1.165) is 116 Å². The fourth-order valence-electron chi connectivity index (χ4n) is 9.59. The molecule has 0 aromatic carbocycles. The summed E-state index contributed by atoms with van der Waals surface area (Å²) in [5.74, 6) is -0.894. The summed E-state index contributed by atoms with van der Waals surface area (Å²) in [7, 11) is 0. The van der Waals surface area contributed by atoms with Gasteiger partial charge in [-0.1, -0.05) is 291 Å². The highest BCUT2D eigenvalue weighted by atomic mass is 16.6. The van der Waals surface area contributed by atoms with Gasteiger partial charge in [-0.2, -0.15) is 0 Å². The zero-order valence-corrected chi connectivity index (χ0v) is 53.3. The molecule has 0 aliphatic rings. The Kier molecular flexibility index (Phi) is 65.2. The van der Waals surface area contributed by atoms with Gasteiger partial charge in [0, 0.05) is 19.3 Å². The molecule has 0 saturated heterocycles. The van der Waals surface area contributed by atoms with Crippen LogP contribution in [0.3, 0.4) is 0 Å². The van der Waals surface area contributed by atoms with E-state index >= 15 is 0 Å². The molecule has 0 N–H and O–H groups in total. The van der Waals surface area contributed by atoms with Crippen LogP contribution in [0, 0.1) is 0 Å². The molecule has 0 amide bonds. The number of esters is 3. The second kappa shape index (κ2) is 68.6. The van der Waals surface area contributed by atoms with Crippen LogP contribution in [-0.4, -0.2) is 37.2 Å². The molecule has 6 nitrogen and oxygen atoms in total. The van der Waals surface area contributed by atoms with Gasteiger partial charge in [0.2, 0.25) is 0 Å². The van der Waals surface area contributed by atoms with Crippen molar-refractivity contribution >= 4 is 17.9 Å². The van der Waals surface area contributed by atoms with E-state index < -0.39 is 6.10 Å². The number of allylic oxidation sites excluding steroid dienone is 18. The molecule has 0 aromatic heterocycles. The maximum atomic E-state index is 12.9. The highest BCUT2D eigenvalue weighted by Gasteiger charge is 2.19. The molecule has 0 spiro atoms. The molecule has 0 fully saturated rings. The molecule has 0 radical (unpaired) electrons. The Morgan fingerprint density at radius 1 is 0.259 bits per heavy atom. The molecule has 0 heterocycles. The minimum absolute atomic E-state index is 0.0856. The number of rotatable bonds is 62. The monoisotopic (exact) mass is 1120 g/mol. The van der Waals surface area contributed by atoms with Gasteiger partial charge in [0.15, 0.2) is 6.10 Å². The Balaban J connectivity index is 4.39. The first-order valence-electron chi connectivity index (χ1n) is 34.4.